The van der Waals surface area contributed by atoms with Gasteiger partial charge < -0.3 is 23.8 Å². The summed E-state index contributed by atoms with van der Waals surface area (Å²) in [6, 6.07) is 13.6. The lowest BCUT2D eigenvalue weighted by Crippen LogP contribution is -2.54. The first-order valence-electron chi connectivity index (χ1n) is 14.6. The second-order valence-electron chi connectivity index (χ2n) is 11.9. The van der Waals surface area contributed by atoms with Gasteiger partial charge in [0.1, 0.15) is 29.9 Å². The van der Waals surface area contributed by atoms with E-state index in [2.05, 4.69) is 16.2 Å². The molecule has 242 valence electrons. The third-order valence-electron chi connectivity index (χ3n) is 7.48. The standard InChI is InChI=1S/C31H39N4O9P/c1-19(2)28(36)42-27-25(43-31(17-32,30(27,7)38)26-14-13-24-22(6)33-18-34-35(24)26)15-40-45(39,44-23-11-9-8-10-12-23)16-21(5)29(37)41-20(3)4/h8-14,18-21,25,27,38H,15-16H2,1-7H3/t21-,25+,27+,30+,31-,45-/m0/s1. The van der Waals surface area contributed by atoms with Crippen molar-refractivity contribution in [2.75, 3.05) is 12.8 Å². The van der Waals surface area contributed by atoms with Crippen LogP contribution in [0.15, 0.2) is 48.8 Å². The summed E-state index contributed by atoms with van der Waals surface area (Å²) < 4.78 is 44.8. The molecule has 2 aromatic heterocycles. The van der Waals surface area contributed by atoms with Gasteiger partial charge in [0.2, 0.25) is 5.60 Å². The maximum Gasteiger partial charge on any atom is 0.380 e. The predicted octanol–water partition coefficient (Wildman–Crippen LogP) is 4.35. The first kappa shape index (κ1) is 34.1. The van der Waals surface area contributed by atoms with Crippen molar-refractivity contribution >= 4 is 25.1 Å². The lowest BCUT2D eigenvalue weighted by atomic mass is 9.80. The summed E-state index contributed by atoms with van der Waals surface area (Å²) in [6.45, 7) is 10.7. The number of nitrogens with zero attached hydrogens (tertiary/aromatic N) is 4. The fraction of sp³-hybridized carbons (Fsp3) is 0.516. The molecule has 1 aliphatic rings. The second kappa shape index (κ2) is 13.3. The molecule has 4 rings (SSSR count). The van der Waals surface area contributed by atoms with E-state index in [0.29, 0.717) is 11.2 Å². The monoisotopic (exact) mass is 642 g/mol. The molecule has 0 bridgehead atoms. The number of ether oxygens (including phenoxy) is 3. The van der Waals surface area contributed by atoms with Gasteiger partial charge in [-0.3, -0.25) is 14.1 Å². The SMILES string of the molecule is Cc1ncnn2c([C@]3(C#N)O[C@H](CO[P@@](=O)(C[C@H](C)C(=O)OC(C)C)Oc4ccccc4)[C@@H](OC(=O)C(C)C)[C@@]3(C)O)ccc12. The maximum atomic E-state index is 14.2. The molecule has 3 aromatic rings. The van der Waals surface area contributed by atoms with Crippen LogP contribution in [0.2, 0.25) is 0 Å². The first-order chi connectivity index (χ1) is 21.1. The average Bonchev–Trinajstić information content (AvgIpc) is 3.50. The van der Waals surface area contributed by atoms with Crippen LogP contribution >= 0.6 is 7.60 Å². The van der Waals surface area contributed by atoms with Gasteiger partial charge in [0.15, 0.2) is 6.10 Å². The largest absolute Gasteiger partial charge is 0.463 e. The van der Waals surface area contributed by atoms with Crippen LogP contribution in [0.1, 0.15) is 52.9 Å². The maximum absolute atomic E-state index is 14.2. The Morgan fingerprint density at radius 3 is 2.44 bits per heavy atom. The minimum Gasteiger partial charge on any atom is -0.463 e. The van der Waals surface area contributed by atoms with E-state index in [1.807, 2.05) is 0 Å². The van der Waals surface area contributed by atoms with Crippen LogP contribution in [0, 0.1) is 30.1 Å². The fourth-order valence-corrected chi connectivity index (χ4v) is 6.96. The van der Waals surface area contributed by atoms with Crippen LogP contribution in [0.25, 0.3) is 5.52 Å². The van der Waals surface area contributed by atoms with E-state index in [0.717, 1.165) is 0 Å². The lowest BCUT2D eigenvalue weighted by Gasteiger charge is -2.34. The van der Waals surface area contributed by atoms with Crippen LogP contribution in [-0.2, 0) is 38.5 Å². The number of esters is 2. The number of benzene rings is 1. The molecule has 0 amide bonds. The number of rotatable bonds is 12. The first-order valence-corrected chi connectivity index (χ1v) is 16.4. The Kier molecular flexibility index (Phi) is 10.0. The van der Waals surface area contributed by atoms with E-state index in [1.165, 1.54) is 17.8 Å². The highest BCUT2D eigenvalue weighted by Gasteiger charge is 2.67. The Morgan fingerprint density at radius 1 is 1.13 bits per heavy atom. The van der Waals surface area contributed by atoms with Crippen molar-refractivity contribution in [3.8, 4) is 11.8 Å². The zero-order valence-electron chi connectivity index (χ0n) is 26.4. The topological polar surface area (TPSA) is 172 Å². The van der Waals surface area contributed by atoms with Crippen LogP contribution in [0.4, 0.5) is 0 Å². The van der Waals surface area contributed by atoms with Crippen molar-refractivity contribution in [1.29, 1.82) is 5.26 Å². The van der Waals surface area contributed by atoms with Crippen LogP contribution < -0.4 is 4.52 Å². The minimum atomic E-state index is -4.14. The van der Waals surface area contributed by atoms with Gasteiger partial charge >= 0.3 is 19.5 Å². The number of para-hydroxylation sites is 1. The van der Waals surface area contributed by atoms with Crippen molar-refractivity contribution in [2.24, 2.45) is 11.8 Å². The van der Waals surface area contributed by atoms with E-state index in [1.54, 1.807) is 84.0 Å². The normalized spacial score (nSPS) is 25.1. The van der Waals surface area contributed by atoms with Crippen molar-refractivity contribution in [1.82, 2.24) is 14.6 Å². The van der Waals surface area contributed by atoms with Gasteiger partial charge in [-0.1, -0.05) is 39.0 Å². The molecule has 1 aliphatic heterocycles. The summed E-state index contributed by atoms with van der Waals surface area (Å²) in [5.41, 5.74) is -2.91. The molecule has 1 N–H and O–H groups in total. The molecule has 1 saturated heterocycles. The molecule has 0 aliphatic carbocycles. The van der Waals surface area contributed by atoms with Crippen LogP contribution in [-0.4, -0.2) is 68.3 Å². The van der Waals surface area contributed by atoms with E-state index in [4.69, 9.17) is 23.3 Å². The third kappa shape index (κ3) is 6.89. The van der Waals surface area contributed by atoms with Crippen LogP contribution in [0.3, 0.4) is 0 Å². The summed E-state index contributed by atoms with van der Waals surface area (Å²) >= 11 is 0. The molecular formula is C31H39N4O9P. The predicted molar refractivity (Wildman–Crippen MR) is 161 cm³/mol. The summed E-state index contributed by atoms with van der Waals surface area (Å²) in [7, 11) is -4.14. The molecule has 0 saturated carbocycles. The summed E-state index contributed by atoms with van der Waals surface area (Å²) in [5.74, 6) is -2.47. The van der Waals surface area contributed by atoms with Crippen molar-refractivity contribution in [2.45, 2.75) is 78.0 Å². The van der Waals surface area contributed by atoms with E-state index in [9.17, 15) is 24.5 Å². The molecule has 0 unspecified atom stereocenters. The second-order valence-corrected chi connectivity index (χ2v) is 13.9. The molecule has 0 spiro atoms. The van der Waals surface area contributed by atoms with Gasteiger partial charge in [-0.25, -0.2) is 14.1 Å². The Hall–Kier alpha value is -3.82. The van der Waals surface area contributed by atoms with Gasteiger partial charge in [-0.05, 0) is 52.0 Å². The molecule has 14 heteroatoms. The van der Waals surface area contributed by atoms with Crippen molar-refractivity contribution in [3.63, 3.8) is 0 Å². The number of aryl methyl sites for hydroxylation is 1. The van der Waals surface area contributed by atoms with E-state index < -0.39 is 61.4 Å². The number of carbonyl (C=O) groups excluding carboxylic acids is 2. The number of fused-ring (bicyclic) bond motifs is 1. The fourth-order valence-electron chi connectivity index (χ4n) is 5.09. The Labute approximate surface area is 261 Å². The minimum absolute atomic E-state index is 0.164. The van der Waals surface area contributed by atoms with Gasteiger partial charge in [0, 0.05) is 0 Å². The molecule has 1 fully saturated rings. The highest BCUT2D eigenvalue weighted by molar-refractivity contribution is 7.54. The number of aliphatic hydroxyl groups is 1. The number of nitriles is 1. The molecular weight excluding hydrogens is 603 g/mol. The van der Waals surface area contributed by atoms with Gasteiger partial charge in [-0.15, -0.1) is 0 Å². The summed E-state index contributed by atoms with van der Waals surface area (Å²) in [4.78, 5) is 29.7. The van der Waals surface area contributed by atoms with Crippen LogP contribution in [0.5, 0.6) is 5.75 Å². The van der Waals surface area contributed by atoms with Gasteiger partial charge in [0.25, 0.3) is 0 Å². The molecule has 13 nitrogen and oxygen atoms in total. The molecule has 45 heavy (non-hydrogen) atoms. The Morgan fingerprint density at radius 2 is 1.82 bits per heavy atom. The zero-order chi connectivity index (χ0) is 33.2. The summed E-state index contributed by atoms with van der Waals surface area (Å²) in [5, 5.41) is 26.9. The molecule has 6 atom stereocenters. The number of aromatic nitrogens is 3. The summed E-state index contributed by atoms with van der Waals surface area (Å²) in [6.07, 6.45) is -2.19. The highest BCUT2D eigenvalue weighted by atomic mass is 31.2. The quantitative estimate of drug-likeness (QED) is 0.219. The van der Waals surface area contributed by atoms with Crippen molar-refractivity contribution < 1.29 is 42.5 Å². The third-order valence-corrected chi connectivity index (χ3v) is 9.51. The van der Waals surface area contributed by atoms with Gasteiger partial charge in [0.05, 0.1) is 47.6 Å². The Bertz CT molecular complexity index is 1620. The Balaban J connectivity index is 1.72. The lowest BCUT2D eigenvalue weighted by molar-refractivity contribution is -0.168. The highest BCUT2D eigenvalue weighted by Crippen LogP contribution is 2.53. The van der Waals surface area contributed by atoms with Crippen molar-refractivity contribution in [3.05, 3.63) is 60.2 Å². The van der Waals surface area contributed by atoms with E-state index in [-0.39, 0.29) is 23.7 Å². The number of carbonyl (C=O) groups is 2. The smallest absolute Gasteiger partial charge is 0.380 e. The van der Waals surface area contributed by atoms with Gasteiger partial charge in [-0.2, -0.15) is 10.4 Å². The number of hydrogen-bond donors (Lipinski definition) is 1. The molecule has 1 aromatic carbocycles. The molecule has 0 radical (unpaired) electrons. The van der Waals surface area contributed by atoms with E-state index >= 15 is 0 Å². The number of hydrogen-bond acceptors (Lipinski definition) is 12. The average molecular weight is 643 g/mol. The zero-order valence-corrected chi connectivity index (χ0v) is 27.3. The molecule has 3 heterocycles.